The van der Waals surface area contributed by atoms with Crippen LogP contribution < -0.4 is 10.6 Å². The number of nitrogens with one attached hydrogen (secondary N) is 2. The second-order valence-electron chi connectivity index (χ2n) is 3.46. The second-order valence-corrected chi connectivity index (χ2v) is 3.46. The summed E-state index contributed by atoms with van der Waals surface area (Å²) in [5.74, 6) is 0.244. The van der Waals surface area contributed by atoms with E-state index in [2.05, 4.69) is 25.4 Å². The quantitative estimate of drug-likeness (QED) is 0.331. The van der Waals surface area contributed by atoms with Gasteiger partial charge >= 0.3 is 12.1 Å². The van der Waals surface area contributed by atoms with E-state index in [9.17, 15) is 9.59 Å². The summed E-state index contributed by atoms with van der Waals surface area (Å²) in [4.78, 5) is 24.3. The van der Waals surface area contributed by atoms with Gasteiger partial charge < -0.3 is 15.4 Å². The van der Waals surface area contributed by atoms with Crippen molar-refractivity contribution in [2.45, 2.75) is 26.4 Å². The minimum Gasteiger partial charge on any atom is -0.453 e. The Morgan fingerprint density at radius 2 is 2.06 bits per heavy atom. The lowest BCUT2D eigenvalue weighted by atomic mass is 10.1. The Balaban J connectivity index is 4.35. The van der Waals surface area contributed by atoms with Crippen LogP contribution in [0.2, 0.25) is 0 Å². The Kier molecular flexibility index (Phi) is 6.46. The van der Waals surface area contributed by atoms with Gasteiger partial charge in [0, 0.05) is 10.0 Å². The maximum Gasteiger partial charge on any atom is 0.408 e. The van der Waals surface area contributed by atoms with Gasteiger partial charge in [0.15, 0.2) is 0 Å². The molecular weight excluding hydrogens is 214 g/mol. The highest BCUT2D eigenvalue weighted by atomic mass is 16.5. The highest BCUT2D eigenvalue weighted by Crippen LogP contribution is 2.03. The lowest BCUT2D eigenvalue weighted by molar-refractivity contribution is 0.162. The molecule has 0 saturated carbocycles. The van der Waals surface area contributed by atoms with Crippen molar-refractivity contribution in [3.63, 3.8) is 0 Å². The molecule has 8 heteroatoms. The van der Waals surface area contributed by atoms with Crippen molar-refractivity contribution in [2.24, 2.45) is 11.0 Å². The summed E-state index contributed by atoms with van der Waals surface area (Å²) in [6, 6.07) is -0.843. The van der Waals surface area contributed by atoms with E-state index < -0.39 is 18.3 Å². The van der Waals surface area contributed by atoms with Gasteiger partial charge in [0.05, 0.1) is 7.11 Å². The van der Waals surface area contributed by atoms with Crippen LogP contribution in [0.3, 0.4) is 0 Å². The molecule has 0 heterocycles. The van der Waals surface area contributed by atoms with Crippen molar-refractivity contribution in [3.8, 4) is 0 Å². The lowest BCUT2D eigenvalue weighted by Gasteiger charge is -2.19. The van der Waals surface area contributed by atoms with Crippen molar-refractivity contribution < 1.29 is 14.3 Å². The average molecular weight is 229 g/mol. The van der Waals surface area contributed by atoms with Gasteiger partial charge in [-0.15, -0.1) is 0 Å². The second kappa shape index (κ2) is 7.36. The molecule has 90 valence electrons. The Labute approximate surface area is 93.0 Å². The first-order valence-corrected chi connectivity index (χ1v) is 4.69. The molecule has 0 aromatic rings. The molecule has 0 spiro atoms. The van der Waals surface area contributed by atoms with Crippen molar-refractivity contribution in [1.82, 2.24) is 10.6 Å². The Morgan fingerprint density at radius 3 is 2.50 bits per heavy atom. The molecule has 0 fully saturated rings. The van der Waals surface area contributed by atoms with E-state index >= 15 is 0 Å². The molecule has 0 aliphatic carbocycles. The Morgan fingerprint density at radius 1 is 1.44 bits per heavy atom. The third kappa shape index (κ3) is 6.50. The van der Waals surface area contributed by atoms with E-state index in [1.807, 2.05) is 13.8 Å². The molecule has 0 aromatic carbocycles. The highest BCUT2D eigenvalue weighted by molar-refractivity contribution is 5.76. The molecule has 0 bridgehead atoms. The first-order chi connectivity index (χ1) is 7.49. The molecule has 0 aromatic heterocycles. The molecule has 16 heavy (non-hydrogen) atoms. The van der Waals surface area contributed by atoms with Crippen molar-refractivity contribution in [2.75, 3.05) is 7.11 Å². The molecule has 0 rings (SSSR count). The van der Waals surface area contributed by atoms with Crippen molar-refractivity contribution in [1.29, 1.82) is 0 Å². The zero-order valence-electron chi connectivity index (χ0n) is 9.43. The minimum absolute atomic E-state index is 0.244. The third-order valence-electron chi connectivity index (χ3n) is 1.62. The fraction of sp³-hybridized carbons (Fsp3) is 0.750. The van der Waals surface area contributed by atoms with E-state index in [4.69, 9.17) is 5.53 Å². The van der Waals surface area contributed by atoms with Gasteiger partial charge in [0.2, 0.25) is 0 Å². The standard InChI is InChI=1S/C8H15N5O3/c1-5(2)4-6(11-8(15)16-3)10-7(14)12-13-9/h5-6H,4H2,1-3H3,(H,10,14)(H,11,15)/t6-/m0/s1. The van der Waals surface area contributed by atoms with Crippen LogP contribution in [0.15, 0.2) is 5.11 Å². The smallest absolute Gasteiger partial charge is 0.408 e. The summed E-state index contributed by atoms with van der Waals surface area (Å²) in [6.45, 7) is 3.84. The molecule has 3 amide bonds. The molecule has 0 aliphatic rings. The highest BCUT2D eigenvalue weighted by Gasteiger charge is 2.15. The van der Waals surface area contributed by atoms with Crippen LogP contribution >= 0.6 is 0 Å². The topological polar surface area (TPSA) is 116 Å². The number of amides is 3. The van der Waals surface area contributed by atoms with E-state index in [1.165, 1.54) is 7.11 Å². The number of rotatable bonds is 4. The van der Waals surface area contributed by atoms with Gasteiger partial charge in [0.1, 0.15) is 6.17 Å². The summed E-state index contributed by atoms with van der Waals surface area (Å²) in [5.41, 5.74) is 8.04. The third-order valence-corrected chi connectivity index (χ3v) is 1.62. The van der Waals surface area contributed by atoms with Gasteiger partial charge in [-0.2, -0.15) is 0 Å². The molecule has 1 atom stereocenters. The van der Waals surface area contributed by atoms with E-state index in [1.54, 1.807) is 0 Å². The number of carbonyl (C=O) groups excluding carboxylic acids is 2. The van der Waals surface area contributed by atoms with E-state index in [0.29, 0.717) is 6.42 Å². The molecule has 8 nitrogen and oxygen atoms in total. The van der Waals surface area contributed by atoms with Gasteiger partial charge in [-0.25, -0.2) is 4.79 Å². The molecule has 0 saturated heterocycles. The maximum atomic E-state index is 11.0. The van der Waals surface area contributed by atoms with Crippen molar-refractivity contribution in [3.05, 3.63) is 10.4 Å². The molecular formula is C8H15N5O3. The summed E-state index contributed by atoms with van der Waals surface area (Å²) in [5, 5.41) is 7.60. The zero-order chi connectivity index (χ0) is 12.6. The van der Waals surface area contributed by atoms with Gasteiger partial charge in [-0.3, -0.25) is 4.79 Å². The number of ether oxygens (including phenoxy) is 1. The van der Waals surface area contributed by atoms with Gasteiger partial charge in [-0.05, 0) is 17.9 Å². The first-order valence-electron chi connectivity index (χ1n) is 4.69. The van der Waals surface area contributed by atoms with E-state index in [0.717, 1.165) is 0 Å². The maximum absolute atomic E-state index is 11.0. The van der Waals surface area contributed by atoms with Crippen LogP contribution in [0.25, 0.3) is 10.4 Å². The van der Waals surface area contributed by atoms with Crippen LogP contribution in [0.1, 0.15) is 20.3 Å². The summed E-state index contributed by atoms with van der Waals surface area (Å²) >= 11 is 0. The minimum atomic E-state index is -0.843. The Bertz CT molecular complexity index is 298. The predicted molar refractivity (Wildman–Crippen MR) is 56.5 cm³/mol. The fourth-order valence-corrected chi connectivity index (χ4v) is 1.05. The average Bonchev–Trinajstić information content (AvgIpc) is 2.16. The first kappa shape index (κ1) is 14.1. The fourth-order valence-electron chi connectivity index (χ4n) is 1.05. The SMILES string of the molecule is COC(=O)N[C@@H](CC(C)C)NC(=O)N=[N+]=[N-]. The van der Waals surface area contributed by atoms with Gasteiger partial charge in [0.25, 0.3) is 0 Å². The van der Waals surface area contributed by atoms with Crippen LogP contribution in [-0.2, 0) is 4.74 Å². The zero-order valence-corrected chi connectivity index (χ0v) is 9.43. The normalized spacial score (nSPS) is 11.2. The largest absolute Gasteiger partial charge is 0.453 e. The lowest BCUT2D eigenvalue weighted by Crippen LogP contribution is -2.47. The number of nitrogens with zero attached hydrogens (tertiary/aromatic N) is 3. The molecule has 2 N–H and O–H groups in total. The molecule has 0 unspecified atom stereocenters. The van der Waals surface area contributed by atoms with Gasteiger partial charge in [-0.1, -0.05) is 13.8 Å². The predicted octanol–water partition coefficient (Wildman–Crippen LogP) is 1.73. The van der Waals surface area contributed by atoms with Crippen molar-refractivity contribution >= 4 is 12.1 Å². The number of hydrogen-bond donors (Lipinski definition) is 2. The van der Waals surface area contributed by atoms with Crippen LogP contribution in [0.5, 0.6) is 0 Å². The number of alkyl carbamates (subject to hydrolysis) is 1. The summed E-state index contributed by atoms with van der Waals surface area (Å²) in [6.07, 6.45) is -0.778. The summed E-state index contributed by atoms with van der Waals surface area (Å²) < 4.78 is 4.40. The van der Waals surface area contributed by atoms with Crippen LogP contribution in [0, 0.1) is 5.92 Å². The van der Waals surface area contributed by atoms with Crippen LogP contribution in [-0.4, -0.2) is 25.4 Å². The number of carbonyl (C=O) groups is 2. The molecule has 0 radical (unpaired) electrons. The monoisotopic (exact) mass is 229 g/mol. The Hall–Kier alpha value is -1.95. The number of hydrogen-bond acceptors (Lipinski definition) is 3. The van der Waals surface area contributed by atoms with Crippen LogP contribution in [0.4, 0.5) is 9.59 Å². The van der Waals surface area contributed by atoms with E-state index in [-0.39, 0.29) is 5.92 Å². The molecule has 0 aliphatic heterocycles. The number of azide groups is 1. The number of methoxy groups -OCH3 is 1. The number of urea groups is 1. The summed E-state index contributed by atoms with van der Waals surface area (Å²) in [7, 11) is 1.22.